The Morgan fingerprint density at radius 1 is 1.13 bits per heavy atom. The first-order valence-corrected chi connectivity index (χ1v) is 8.09. The number of nitrogens with two attached hydrogens (primary N) is 1. The maximum atomic E-state index is 12.1. The van der Waals surface area contributed by atoms with Crippen LogP contribution in [0.2, 0.25) is 0 Å². The van der Waals surface area contributed by atoms with Gasteiger partial charge in [0.2, 0.25) is 0 Å². The Hall–Kier alpha value is -1.50. The van der Waals surface area contributed by atoms with Gasteiger partial charge in [-0.25, -0.2) is 9.59 Å². The normalized spacial score (nSPS) is 22.5. The molecule has 0 spiro atoms. The third kappa shape index (κ3) is 7.07. The van der Waals surface area contributed by atoms with Crippen molar-refractivity contribution in [2.75, 3.05) is 19.6 Å². The van der Waals surface area contributed by atoms with E-state index in [4.69, 9.17) is 15.2 Å². The number of hydrogen-bond donors (Lipinski definition) is 2. The molecule has 7 heteroatoms. The Morgan fingerprint density at radius 3 is 2.17 bits per heavy atom. The highest BCUT2D eigenvalue weighted by molar-refractivity contribution is 5.69. The van der Waals surface area contributed by atoms with Crippen molar-refractivity contribution in [1.29, 1.82) is 0 Å². The topological polar surface area (TPSA) is 93.9 Å². The average Bonchev–Trinajstić information content (AvgIpc) is 2.34. The number of amides is 2. The van der Waals surface area contributed by atoms with E-state index in [1.807, 2.05) is 41.5 Å². The lowest BCUT2D eigenvalue weighted by molar-refractivity contribution is 0.0122. The van der Waals surface area contributed by atoms with Crippen LogP contribution in [0.25, 0.3) is 0 Å². The fraction of sp³-hybridized carbons (Fsp3) is 0.875. The molecule has 1 fully saturated rings. The lowest BCUT2D eigenvalue weighted by Crippen LogP contribution is -2.55. The summed E-state index contributed by atoms with van der Waals surface area (Å²) in [7, 11) is 0. The average molecular weight is 329 g/mol. The minimum atomic E-state index is -0.542. The van der Waals surface area contributed by atoms with Gasteiger partial charge < -0.3 is 25.4 Å². The molecule has 2 unspecified atom stereocenters. The van der Waals surface area contributed by atoms with Gasteiger partial charge in [-0.05, 0) is 54.5 Å². The molecule has 1 aliphatic rings. The van der Waals surface area contributed by atoms with Crippen molar-refractivity contribution in [2.24, 2.45) is 11.7 Å². The summed E-state index contributed by atoms with van der Waals surface area (Å²) in [5.41, 5.74) is 4.75. The number of rotatable bonds is 2. The summed E-state index contributed by atoms with van der Waals surface area (Å²) in [5.74, 6) is -0.0243. The maximum Gasteiger partial charge on any atom is 0.410 e. The Morgan fingerprint density at radius 2 is 1.70 bits per heavy atom. The first kappa shape index (κ1) is 19.5. The lowest BCUT2D eigenvalue weighted by Gasteiger charge is -2.39. The van der Waals surface area contributed by atoms with Crippen LogP contribution in [-0.2, 0) is 9.47 Å². The number of likely N-dealkylation sites (tertiary alicyclic amines) is 1. The van der Waals surface area contributed by atoms with Crippen LogP contribution in [0.3, 0.4) is 0 Å². The van der Waals surface area contributed by atoms with Crippen LogP contribution in [0, 0.1) is 5.92 Å². The van der Waals surface area contributed by atoms with Gasteiger partial charge in [-0.1, -0.05) is 0 Å². The third-order valence-electron chi connectivity index (χ3n) is 3.39. The van der Waals surface area contributed by atoms with Gasteiger partial charge in [0.05, 0.1) is 0 Å². The van der Waals surface area contributed by atoms with E-state index in [2.05, 4.69) is 5.32 Å². The van der Waals surface area contributed by atoms with Gasteiger partial charge in [-0.2, -0.15) is 0 Å². The molecule has 0 aromatic heterocycles. The van der Waals surface area contributed by atoms with Crippen LogP contribution in [0.5, 0.6) is 0 Å². The number of ether oxygens (including phenoxy) is 2. The quantitative estimate of drug-likeness (QED) is 0.809. The number of alkyl carbamates (subject to hydrolysis) is 1. The molecule has 0 saturated carbocycles. The van der Waals surface area contributed by atoms with E-state index < -0.39 is 17.3 Å². The van der Waals surface area contributed by atoms with Gasteiger partial charge >= 0.3 is 12.2 Å². The fourth-order valence-corrected chi connectivity index (χ4v) is 2.41. The second-order valence-corrected chi connectivity index (χ2v) is 7.96. The van der Waals surface area contributed by atoms with E-state index in [9.17, 15) is 9.59 Å². The molecule has 2 atom stereocenters. The van der Waals surface area contributed by atoms with Crippen LogP contribution in [0.1, 0.15) is 48.0 Å². The fourth-order valence-electron chi connectivity index (χ4n) is 2.41. The van der Waals surface area contributed by atoms with Crippen molar-refractivity contribution in [1.82, 2.24) is 10.2 Å². The van der Waals surface area contributed by atoms with Crippen molar-refractivity contribution >= 4 is 12.2 Å². The summed E-state index contributed by atoms with van der Waals surface area (Å²) >= 11 is 0. The molecule has 1 aliphatic heterocycles. The molecule has 3 N–H and O–H groups in total. The highest BCUT2D eigenvalue weighted by Gasteiger charge is 2.34. The van der Waals surface area contributed by atoms with Crippen molar-refractivity contribution < 1.29 is 19.1 Å². The standard InChI is InChI=1S/C16H31N3O4/c1-15(2,3)22-13(20)18-12-7-8-19(10-11(12)9-17)14(21)23-16(4,5)6/h11-12H,7-10,17H2,1-6H3,(H,18,20). The predicted octanol–water partition coefficient (Wildman–Crippen LogP) is 2.10. The van der Waals surface area contributed by atoms with E-state index >= 15 is 0 Å². The molecule has 1 rings (SSSR count). The third-order valence-corrected chi connectivity index (χ3v) is 3.39. The SMILES string of the molecule is CC(C)(C)OC(=O)NC1CCN(C(=O)OC(C)(C)C)CC1CN. The van der Waals surface area contributed by atoms with Crippen molar-refractivity contribution in [3.8, 4) is 0 Å². The Bertz CT molecular complexity index is 426. The smallest absolute Gasteiger partial charge is 0.410 e. The summed E-state index contributed by atoms with van der Waals surface area (Å²) in [6.07, 6.45) is -0.168. The Kier molecular flexibility index (Phi) is 6.27. The van der Waals surface area contributed by atoms with Crippen LogP contribution in [0.15, 0.2) is 0 Å². The molecular formula is C16H31N3O4. The molecule has 7 nitrogen and oxygen atoms in total. The van der Waals surface area contributed by atoms with Gasteiger partial charge in [0.1, 0.15) is 11.2 Å². The first-order chi connectivity index (χ1) is 10.4. The molecule has 2 amide bonds. The highest BCUT2D eigenvalue weighted by Crippen LogP contribution is 2.20. The van der Waals surface area contributed by atoms with E-state index in [0.717, 1.165) is 0 Å². The van der Waals surface area contributed by atoms with Gasteiger partial charge in [0.25, 0.3) is 0 Å². The number of carbonyl (C=O) groups excluding carboxylic acids is 2. The molecule has 1 saturated heterocycles. The van der Waals surface area contributed by atoms with Crippen LogP contribution < -0.4 is 11.1 Å². The molecular weight excluding hydrogens is 298 g/mol. The summed E-state index contributed by atoms with van der Waals surface area (Å²) < 4.78 is 10.7. The summed E-state index contributed by atoms with van der Waals surface area (Å²) in [5, 5.41) is 2.86. The van der Waals surface area contributed by atoms with E-state index in [1.165, 1.54) is 0 Å². The van der Waals surface area contributed by atoms with E-state index in [1.54, 1.807) is 4.90 Å². The Balaban J connectivity index is 2.59. The number of piperidine rings is 1. The largest absolute Gasteiger partial charge is 0.444 e. The summed E-state index contributed by atoms with van der Waals surface area (Å²) in [6, 6.07) is -0.103. The Labute approximate surface area is 138 Å². The predicted molar refractivity (Wildman–Crippen MR) is 88.1 cm³/mol. The van der Waals surface area contributed by atoms with Gasteiger partial charge in [-0.15, -0.1) is 0 Å². The molecule has 0 aromatic rings. The highest BCUT2D eigenvalue weighted by atomic mass is 16.6. The zero-order valence-corrected chi connectivity index (χ0v) is 15.1. The van der Waals surface area contributed by atoms with Gasteiger partial charge in [0.15, 0.2) is 0 Å². The van der Waals surface area contributed by atoms with Crippen molar-refractivity contribution in [2.45, 2.75) is 65.2 Å². The van der Waals surface area contributed by atoms with Crippen molar-refractivity contribution in [3.05, 3.63) is 0 Å². The van der Waals surface area contributed by atoms with Crippen LogP contribution >= 0.6 is 0 Å². The summed E-state index contributed by atoms with van der Waals surface area (Å²) in [6.45, 7) is 12.3. The zero-order chi connectivity index (χ0) is 17.8. The van der Waals surface area contributed by atoms with Crippen LogP contribution in [-0.4, -0.2) is 54.0 Å². The van der Waals surface area contributed by atoms with E-state index in [0.29, 0.717) is 26.1 Å². The maximum absolute atomic E-state index is 12.1. The molecule has 0 bridgehead atoms. The molecule has 0 radical (unpaired) electrons. The minimum Gasteiger partial charge on any atom is -0.444 e. The van der Waals surface area contributed by atoms with Crippen LogP contribution in [0.4, 0.5) is 9.59 Å². The second-order valence-electron chi connectivity index (χ2n) is 7.96. The summed E-state index contributed by atoms with van der Waals surface area (Å²) in [4.78, 5) is 25.7. The monoisotopic (exact) mass is 329 g/mol. The molecule has 23 heavy (non-hydrogen) atoms. The first-order valence-electron chi connectivity index (χ1n) is 8.09. The number of nitrogens with one attached hydrogen (secondary N) is 1. The number of carbonyl (C=O) groups is 2. The van der Waals surface area contributed by atoms with E-state index in [-0.39, 0.29) is 18.1 Å². The molecule has 134 valence electrons. The van der Waals surface area contributed by atoms with Gasteiger partial charge in [0, 0.05) is 25.0 Å². The minimum absolute atomic E-state index is 0.0243. The molecule has 0 aromatic carbocycles. The number of hydrogen-bond acceptors (Lipinski definition) is 5. The second kappa shape index (κ2) is 7.38. The van der Waals surface area contributed by atoms with Crippen molar-refractivity contribution in [3.63, 3.8) is 0 Å². The zero-order valence-electron chi connectivity index (χ0n) is 15.1. The number of nitrogens with zero attached hydrogens (tertiary/aromatic N) is 1. The molecule has 0 aliphatic carbocycles. The lowest BCUT2D eigenvalue weighted by atomic mass is 9.92. The van der Waals surface area contributed by atoms with Gasteiger partial charge in [-0.3, -0.25) is 0 Å². The molecule has 1 heterocycles.